The van der Waals surface area contributed by atoms with E-state index in [0.29, 0.717) is 18.0 Å². The Kier molecular flexibility index (Phi) is 3.83. The summed E-state index contributed by atoms with van der Waals surface area (Å²) in [5.41, 5.74) is 2.59. The summed E-state index contributed by atoms with van der Waals surface area (Å²) in [5.74, 6) is 0.461. The highest BCUT2D eigenvalue weighted by molar-refractivity contribution is 5.29. The predicted octanol–water partition coefficient (Wildman–Crippen LogP) is 4.42. The summed E-state index contributed by atoms with van der Waals surface area (Å²) in [5, 5.41) is 3.70. The quantitative estimate of drug-likeness (QED) is 0.847. The van der Waals surface area contributed by atoms with E-state index >= 15 is 0 Å². The van der Waals surface area contributed by atoms with Crippen LogP contribution in [0.4, 0.5) is 4.39 Å². The zero-order chi connectivity index (χ0) is 13.9. The Balaban J connectivity index is 1.64. The Morgan fingerprint density at radius 2 is 1.80 bits per heavy atom. The molecular formula is C18H20FN. The fourth-order valence-corrected chi connectivity index (χ4v) is 2.85. The van der Waals surface area contributed by atoms with E-state index in [1.165, 1.54) is 17.5 Å². The maximum absolute atomic E-state index is 13.0. The maximum atomic E-state index is 13.0. The van der Waals surface area contributed by atoms with Gasteiger partial charge < -0.3 is 5.32 Å². The smallest absolute Gasteiger partial charge is 0.123 e. The van der Waals surface area contributed by atoms with Gasteiger partial charge in [0.05, 0.1) is 0 Å². The van der Waals surface area contributed by atoms with Crippen LogP contribution in [0, 0.1) is 5.82 Å². The van der Waals surface area contributed by atoms with E-state index in [-0.39, 0.29) is 5.82 Å². The summed E-state index contributed by atoms with van der Waals surface area (Å²) in [6, 6.07) is 18.4. The summed E-state index contributed by atoms with van der Waals surface area (Å²) < 4.78 is 13.0. The van der Waals surface area contributed by atoms with E-state index in [4.69, 9.17) is 0 Å². The lowest BCUT2D eigenvalue weighted by Crippen LogP contribution is -2.24. The van der Waals surface area contributed by atoms with Gasteiger partial charge in [-0.2, -0.15) is 0 Å². The van der Waals surface area contributed by atoms with Crippen molar-refractivity contribution in [2.45, 2.75) is 37.8 Å². The van der Waals surface area contributed by atoms with E-state index in [0.717, 1.165) is 6.42 Å². The standard InChI is InChI=1S/C18H20FN/c1-2-17(14-8-10-15(19)11-9-14)20-18-12-16(18)13-6-4-3-5-7-13/h3-11,16-18,20H,2,12H2,1H3. The van der Waals surface area contributed by atoms with Crippen molar-refractivity contribution in [2.24, 2.45) is 0 Å². The SMILES string of the molecule is CCC(NC1CC1c1ccccc1)c1ccc(F)cc1. The first-order chi connectivity index (χ1) is 9.78. The van der Waals surface area contributed by atoms with E-state index < -0.39 is 0 Å². The third-order valence-corrected chi connectivity index (χ3v) is 4.11. The van der Waals surface area contributed by atoms with Crippen LogP contribution in [0.15, 0.2) is 54.6 Å². The number of rotatable bonds is 5. The summed E-state index contributed by atoms with van der Waals surface area (Å²) in [4.78, 5) is 0. The Labute approximate surface area is 119 Å². The van der Waals surface area contributed by atoms with Gasteiger partial charge >= 0.3 is 0 Å². The monoisotopic (exact) mass is 269 g/mol. The van der Waals surface area contributed by atoms with Crippen LogP contribution < -0.4 is 5.32 Å². The van der Waals surface area contributed by atoms with Crippen LogP contribution in [0.1, 0.15) is 42.9 Å². The van der Waals surface area contributed by atoms with Crippen molar-refractivity contribution in [3.8, 4) is 0 Å². The third kappa shape index (κ3) is 2.91. The molecule has 0 aromatic heterocycles. The highest BCUT2D eigenvalue weighted by Gasteiger charge is 2.39. The van der Waals surface area contributed by atoms with E-state index in [2.05, 4.69) is 42.6 Å². The summed E-state index contributed by atoms with van der Waals surface area (Å²) >= 11 is 0. The average molecular weight is 269 g/mol. The van der Waals surface area contributed by atoms with Crippen LogP contribution in [0.5, 0.6) is 0 Å². The summed E-state index contributed by atoms with van der Waals surface area (Å²) in [6.07, 6.45) is 2.21. The Morgan fingerprint density at radius 3 is 2.45 bits per heavy atom. The van der Waals surface area contributed by atoms with Gasteiger partial charge in [-0.25, -0.2) is 4.39 Å². The lowest BCUT2D eigenvalue weighted by molar-refractivity contribution is 0.509. The van der Waals surface area contributed by atoms with Crippen molar-refractivity contribution in [1.29, 1.82) is 0 Å². The second kappa shape index (κ2) is 5.76. The van der Waals surface area contributed by atoms with Crippen molar-refractivity contribution < 1.29 is 4.39 Å². The molecule has 3 unspecified atom stereocenters. The Hall–Kier alpha value is -1.67. The molecule has 0 bridgehead atoms. The molecule has 1 aliphatic rings. The minimum absolute atomic E-state index is 0.169. The first-order valence-electron chi connectivity index (χ1n) is 7.34. The maximum Gasteiger partial charge on any atom is 0.123 e. The molecule has 1 fully saturated rings. The van der Waals surface area contributed by atoms with Gasteiger partial charge in [0.25, 0.3) is 0 Å². The number of hydrogen-bond acceptors (Lipinski definition) is 1. The first-order valence-corrected chi connectivity index (χ1v) is 7.34. The molecule has 1 nitrogen and oxygen atoms in total. The van der Waals surface area contributed by atoms with Crippen LogP contribution in [0.3, 0.4) is 0 Å². The molecule has 20 heavy (non-hydrogen) atoms. The van der Waals surface area contributed by atoms with Gasteiger partial charge in [-0.15, -0.1) is 0 Å². The van der Waals surface area contributed by atoms with E-state index in [1.807, 2.05) is 12.1 Å². The first kappa shape index (κ1) is 13.3. The predicted molar refractivity (Wildman–Crippen MR) is 80.2 cm³/mol. The van der Waals surface area contributed by atoms with Crippen molar-refractivity contribution in [1.82, 2.24) is 5.32 Å². The summed E-state index contributed by atoms with van der Waals surface area (Å²) in [7, 11) is 0. The molecule has 0 heterocycles. The van der Waals surface area contributed by atoms with Crippen molar-refractivity contribution in [3.05, 3.63) is 71.5 Å². The second-order valence-corrected chi connectivity index (χ2v) is 5.54. The summed E-state index contributed by atoms with van der Waals surface area (Å²) in [6.45, 7) is 2.17. The Morgan fingerprint density at radius 1 is 1.10 bits per heavy atom. The molecule has 0 aliphatic heterocycles. The lowest BCUT2D eigenvalue weighted by Gasteiger charge is -2.17. The Bertz CT molecular complexity index is 549. The van der Waals surface area contributed by atoms with Crippen LogP contribution >= 0.6 is 0 Å². The van der Waals surface area contributed by atoms with Crippen molar-refractivity contribution >= 4 is 0 Å². The number of halogens is 1. The van der Waals surface area contributed by atoms with Gasteiger partial charge in [-0.1, -0.05) is 49.4 Å². The molecule has 1 aliphatic carbocycles. The third-order valence-electron chi connectivity index (χ3n) is 4.11. The van der Waals surface area contributed by atoms with Crippen molar-refractivity contribution in [3.63, 3.8) is 0 Å². The fourth-order valence-electron chi connectivity index (χ4n) is 2.85. The molecule has 0 amide bonds. The van der Waals surface area contributed by atoms with Gasteiger partial charge in [-0.05, 0) is 36.1 Å². The highest BCUT2D eigenvalue weighted by atomic mass is 19.1. The number of nitrogens with one attached hydrogen (secondary N) is 1. The highest BCUT2D eigenvalue weighted by Crippen LogP contribution is 2.42. The normalized spacial score (nSPS) is 22.5. The second-order valence-electron chi connectivity index (χ2n) is 5.54. The molecule has 0 spiro atoms. The van der Waals surface area contributed by atoms with Crippen molar-refractivity contribution in [2.75, 3.05) is 0 Å². The van der Waals surface area contributed by atoms with Gasteiger partial charge in [-0.3, -0.25) is 0 Å². The molecule has 3 atom stereocenters. The van der Waals surface area contributed by atoms with Crippen LogP contribution in [0.25, 0.3) is 0 Å². The molecule has 0 saturated heterocycles. The molecule has 3 rings (SSSR count). The average Bonchev–Trinajstić information content (AvgIpc) is 3.26. The number of benzene rings is 2. The van der Waals surface area contributed by atoms with E-state index in [1.54, 1.807) is 12.1 Å². The minimum Gasteiger partial charge on any atom is -0.307 e. The van der Waals surface area contributed by atoms with Crippen LogP contribution in [-0.2, 0) is 0 Å². The van der Waals surface area contributed by atoms with Crippen LogP contribution in [-0.4, -0.2) is 6.04 Å². The molecule has 1 N–H and O–H groups in total. The van der Waals surface area contributed by atoms with E-state index in [9.17, 15) is 4.39 Å². The van der Waals surface area contributed by atoms with Gasteiger partial charge in [0.15, 0.2) is 0 Å². The van der Waals surface area contributed by atoms with Gasteiger partial charge in [0.1, 0.15) is 5.82 Å². The zero-order valence-corrected chi connectivity index (χ0v) is 11.7. The molecule has 0 radical (unpaired) electrons. The zero-order valence-electron chi connectivity index (χ0n) is 11.7. The topological polar surface area (TPSA) is 12.0 Å². The molecule has 2 aromatic carbocycles. The molecule has 104 valence electrons. The molecule has 1 saturated carbocycles. The lowest BCUT2D eigenvalue weighted by atomic mass is 10.0. The van der Waals surface area contributed by atoms with Gasteiger partial charge in [0, 0.05) is 18.0 Å². The molecule has 2 heteroatoms. The largest absolute Gasteiger partial charge is 0.307 e. The van der Waals surface area contributed by atoms with Crippen LogP contribution in [0.2, 0.25) is 0 Å². The minimum atomic E-state index is -0.169. The molecule has 2 aromatic rings. The number of hydrogen-bond donors (Lipinski definition) is 1. The van der Waals surface area contributed by atoms with Gasteiger partial charge in [0.2, 0.25) is 0 Å². The molecular weight excluding hydrogens is 249 g/mol. The fraction of sp³-hybridized carbons (Fsp3) is 0.333.